The van der Waals surface area contributed by atoms with Gasteiger partial charge in [-0.25, -0.2) is 0 Å². The molecular weight excluding hydrogens is 245 g/mol. The Morgan fingerprint density at radius 2 is 2.25 bits per heavy atom. The first kappa shape index (κ1) is 13.4. The van der Waals surface area contributed by atoms with Crippen LogP contribution in [0.1, 0.15) is 12.5 Å². The van der Waals surface area contributed by atoms with Crippen LogP contribution in [0.3, 0.4) is 0 Å². The molecule has 0 amide bonds. The number of hydrogen-bond donors (Lipinski definition) is 1. The van der Waals surface area contributed by atoms with Crippen molar-refractivity contribution in [1.29, 1.82) is 0 Å². The van der Waals surface area contributed by atoms with E-state index in [1.54, 1.807) is 0 Å². The first-order valence-electron chi connectivity index (χ1n) is 4.99. The molecule has 4 heteroatoms. The van der Waals surface area contributed by atoms with Gasteiger partial charge < -0.3 is 10.1 Å². The number of benzene rings is 1. The van der Waals surface area contributed by atoms with E-state index in [2.05, 4.69) is 5.32 Å². The summed E-state index contributed by atoms with van der Waals surface area (Å²) >= 11 is 11.7. The summed E-state index contributed by atoms with van der Waals surface area (Å²) in [6.45, 7) is 3.06. The van der Waals surface area contributed by atoms with Crippen molar-refractivity contribution in [3.05, 3.63) is 39.9 Å². The highest BCUT2D eigenvalue weighted by molar-refractivity contribution is 6.31. The van der Waals surface area contributed by atoms with Gasteiger partial charge in [-0.3, -0.25) is 0 Å². The summed E-state index contributed by atoms with van der Waals surface area (Å²) in [5, 5.41) is 3.77. The fraction of sp³-hybridized carbons (Fsp3) is 0.333. The van der Waals surface area contributed by atoms with E-state index in [4.69, 9.17) is 27.9 Å². The van der Waals surface area contributed by atoms with Crippen molar-refractivity contribution in [2.75, 3.05) is 13.7 Å². The Balaban J connectivity index is 2.82. The van der Waals surface area contributed by atoms with Crippen LogP contribution < -0.4 is 10.1 Å². The number of halogens is 2. The van der Waals surface area contributed by atoms with Crippen molar-refractivity contribution >= 4 is 23.2 Å². The highest BCUT2D eigenvalue weighted by Crippen LogP contribution is 2.26. The van der Waals surface area contributed by atoms with Gasteiger partial charge in [0.1, 0.15) is 12.4 Å². The average Bonchev–Trinajstić information content (AvgIpc) is 2.29. The van der Waals surface area contributed by atoms with E-state index in [9.17, 15) is 0 Å². The first-order valence-corrected chi connectivity index (χ1v) is 5.81. The quantitative estimate of drug-likeness (QED) is 0.873. The van der Waals surface area contributed by atoms with Crippen LogP contribution in [0.25, 0.3) is 0 Å². The lowest BCUT2D eigenvalue weighted by Gasteiger charge is -2.12. The third-order valence-corrected chi connectivity index (χ3v) is 2.80. The fourth-order valence-corrected chi connectivity index (χ4v) is 1.54. The van der Waals surface area contributed by atoms with Crippen molar-refractivity contribution in [3.8, 4) is 5.75 Å². The largest absolute Gasteiger partial charge is 0.489 e. The second-order valence-corrected chi connectivity index (χ2v) is 4.12. The normalized spacial score (nSPS) is 11.6. The molecule has 0 unspecified atom stereocenters. The van der Waals surface area contributed by atoms with Crippen LogP contribution in [0.4, 0.5) is 0 Å². The topological polar surface area (TPSA) is 21.3 Å². The Labute approximate surface area is 106 Å². The minimum Gasteiger partial charge on any atom is -0.489 e. The number of hydrogen-bond acceptors (Lipinski definition) is 2. The minimum atomic E-state index is 0.473. The van der Waals surface area contributed by atoms with Gasteiger partial charge in [0.05, 0.1) is 0 Å². The smallest absolute Gasteiger partial charge is 0.125 e. The van der Waals surface area contributed by atoms with E-state index < -0.39 is 0 Å². The van der Waals surface area contributed by atoms with Crippen LogP contribution in [-0.4, -0.2) is 13.7 Å². The standard InChI is InChI=1S/C12H15Cl2NO/c1-9(6-13)8-16-12-5-3-4-11(14)10(12)7-15-2/h3-6,15H,7-8H2,1-2H3/b9-6+. The van der Waals surface area contributed by atoms with E-state index in [1.165, 1.54) is 5.54 Å². The Morgan fingerprint density at radius 1 is 1.50 bits per heavy atom. The highest BCUT2D eigenvalue weighted by Gasteiger charge is 2.07. The summed E-state index contributed by atoms with van der Waals surface area (Å²) in [5.74, 6) is 0.791. The van der Waals surface area contributed by atoms with E-state index in [-0.39, 0.29) is 0 Å². The van der Waals surface area contributed by atoms with Crippen LogP contribution in [-0.2, 0) is 6.54 Å². The van der Waals surface area contributed by atoms with Crippen molar-refractivity contribution in [1.82, 2.24) is 5.32 Å². The number of nitrogens with one attached hydrogen (secondary N) is 1. The van der Waals surface area contributed by atoms with Crippen LogP contribution >= 0.6 is 23.2 Å². The molecular formula is C12H15Cl2NO. The minimum absolute atomic E-state index is 0.473. The molecule has 1 aromatic rings. The Bertz CT molecular complexity index is 377. The molecule has 0 atom stereocenters. The molecule has 1 aromatic carbocycles. The molecule has 0 spiro atoms. The van der Waals surface area contributed by atoms with E-state index in [1.807, 2.05) is 32.2 Å². The molecule has 88 valence electrons. The van der Waals surface area contributed by atoms with E-state index >= 15 is 0 Å². The van der Waals surface area contributed by atoms with Gasteiger partial charge in [0.15, 0.2) is 0 Å². The van der Waals surface area contributed by atoms with Gasteiger partial charge in [-0.1, -0.05) is 29.3 Å². The predicted octanol–water partition coefficient (Wildman–Crippen LogP) is 3.58. The molecule has 0 saturated heterocycles. The zero-order chi connectivity index (χ0) is 12.0. The van der Waals surface area contributed by atoms with Crippen LogP contribution in [0, 0.1) is 0 Å². The summed E-state index contributed by atoms with van der Waals surface area (Å²) in [5.41, 5.74) is 3.45. The van der Waals surface area contributed by atoms with Crippen molar-refractivity contribution in [2.45, 2.75) is 13.5 Å². The molecule has 1 rings (SSSR count). The van der Waals surface area contributed by atoms with E-state index in [0.29, 0.717) is 18.2 Å². The van der Waals surface area contributed by atoms with E-state index in [0.717, 1.165) is 16.9 Å². The predicted molar refractivity (Wildman–Crippen MR) is 69.3 cm³/mol. The second kappa shape index (κ2) is 6.79. The Morgan fingerprint density at radius 3 is 2.88 bits per heavy atom. The Hall–Kier alpha value is -0.700. The summed E-state index contributed by atoms with van der Waals surface area (Å²) in [6, 6.07) is 5.63. The summed E-state index contributed by atoms with van der Waals surface area (Å²) in [4.78, 5) is 0. The zero-order valence-corrected chi connectivity index (χ0v) is 10.9. The van der Waals surface area contributed by atoms with Gasteiger partial charge in [-0.05, 0) is 31.7 Å². The first-order chi connectivity index (χ1) is 7.69. The molecule has 0 saturated carbocycles. The maximum absolute atomic E-state index is 6.10. The van der Waals surface area contributed by atoms with Crippen molar-refractivity contribution in [3.63, 3.8) is 0 Å². The maximum atomic E-state index is 6.10. The van der Waals surface area contributed by atoms with Crippen molar-refractivity contribution < 1.29 is 4.74 Å². The van der Waals surface area contributed by atoms with Crippen LogP contribution in [0.2, 0.25) is 5.02 Å². The van der Waals surface area contributed by atoms with Gasteiger partial charge in [0.2, 0.25) is 0 Å². The van der Waals surface area contributed by atoms with Gasteiger partial charge in [0.25, 0.3) is 0 Å². The second-order valence-electron chi connectivity index (χ2n) is 3.49. The lowest BCUT2D eigenvalue weighted by Crippen LogP contribution is -2.09. The molecule has 0 radical (unpaired) electrons. The molecule has 0 aromatic heterocycles. The van der Waals surface area contributed by atoms with Crippen LogP contribution in [0.5, 0.6) is 5.75 Å². The average molecular weight is 260 g/mol. The number of rotatable bonds is 5. The molecule has 1 N–H and O–H groups in total. The molecule has 0 aliphatic rings. The van der Waals surface area contributed by atoms with Gasteiger partial charge >= 0.3 is 0 Å². The molecule has 0 aliphatic carbocycles. The molecule has 0 bridgehead atoms. The fourth-order valence-electron chi connectivity index (χ4n) is 1.25. The lowest BCUT2D eigenvalue weighted by molar-refractivity contribution is 0.348. The Kier molecular flexibility index (Phi) is 5.67. The van der Waals surface area contributed by atoms with Gasteiger partial charge in [-0.2, -0.15) is 0 Å². The highest BCUT2D eigenvalue weighted by atomic mass is 35.5. The molecule has 0 aliphatic heterocycles. The SMILES string of the molecule is CNCc1c(Cl)cccc1OC/C(C)=C/Cl. The summed E-state index contributed by atoms with van der Waals surface area (Å²) in [6.07, 6.45) is 0. The van der Waals surface area contributed by atoms with Crippen molar-refractivity contribution in [2.24, 2.45) is 0 Å². The van der Waals surface area contributed by atoms with Gasteiger partial charge in [-0.15, -0.1) is 0 Å². The monoisotopic (exact) mass is 259 g/mol. The third kappa shape index (κ3) is 3.71. The van der Waals surface area contributed by atoms with Gasteiger partial charge in [0, 0.05) is 22.7 Å². The summed E-state index contributed by atoms with van der Waals surface area (Å²) in [7, 11) is 1.87. The molecule has 0 fully saturated rings. The maximum Gasteiger partial charge on any atom is 0.125 e. The molecule has 16 heavy (non-hydrogen) atoms. The van der Waals surface area contributed by atoms with Crippen LogP contribution in [0.15, 0.2) is 29.3 Å². The lowest BCUT2D eigenvalue weighted by atomic mass is 10.2. The third-order valence-electron chi connectivity index (χ3n) is 2.07. The zero-order valence-electron chi connectivity index (χ0n) is 9.39. The molecule has 2 nitrogen and oxygen atoms in total. The molecule has 0 heterocycles. The number of ether oxygens (including phenoxy) is 1. The summed E-state index contributed by atoms with van der Waals surface area (Å²) < 4.78 is 5.65.